The van der Waals surface area contributed by atoms with Crippen molar-refractivity contribution in [3.8, 4) is 0 Å². The van der Waals surface area contributed by atoms with Crippen LogP contribution >= 0.6 is 0 Å². The second-order valence-electron chi connectivity index (χ2n) is 10.5. The summed E-state index contributed by atoms with van der Waals surface area (Å²) in [6, 6.07) is 0. The van der Waals surface area contributed by atoms with E-state index in [1.54, 1.807) is 0 Å². The lowest BCUT2D eigenvalue weighted by atomic mass is 9.39. The largest absolute Gasteiger partial charge is 0.393 e. The minimum absolute atomic E-state index is 0.0688. The molecule has 0 aromatic carbocycles. The number of aliphatic hydroxyl groups excluding tert-OH is 1. The van der Waals surface area contributed by atoms with Crippen molar-refractivity contribution < 1.29 is 9.90 Å². The molecule has 0 bridgehead atoms. The first-order valence-electron chi connectivity index (χ1n) is 9.99. The number of aliphatic hydroxyl groups is 1. The van der Waals surface area contributed by atoms with Gasteiger partial charge in [-0.25, -0.2) is 0 Å². The third-order valence-corrected chi connectivity index (χ3v) is 9.46. The quantitative estimate of drug-likeness (QED) is 0.641. The number of carbonyl (C=O) groups excluding carboxylic acids is 1. The fourth-order valence-corrected chi connectivity index (χ4v) is 7.55. The van der Waals surface area contributed by atoms with Crippen LogP contribution in [-0.4, -0.2) is 17.0 Å². The van der Waals surface area contributed by atoms with Crippen molar-refractivity contribution in [2.75, 3.05) is 0 Å². The van der Waals surface area contributed by atoms with Crippen LogP contribution in [0.15, 0.2) is 11.6 Å². The molecule has 2 nitrogen and oxygen atoms in total. The van der Waals surface area contributed by atoms with Gasteiger partial charge in [0.15, 0.2) is 0 Å². The number of rotatable bonds is 0. The van der Waals surface area contributed by atoms with Crippen LogP contribution < -0.4 is 0 Å². The van der Waals surface area contributed by atoms with Crippen LogP contribution in [-0.2, 0) is 4.79 Å². The van der Waals surface area contributed by atoms with Crippen LogP contribution in [0.5, 0.6) is 0 Å². The third-order valence-electron chi connectivity index (χ3n) is 9.46. The van der Waals surface area contributed by atoms with E-state index in [2.05, 4.69) is 40.7 Å². The zero-order valence-corrected chi connectivity index (χ0v) is 16.1. The minimum atomic E-state index is -0.339. The number of hydrogen-bond acceptors (Lipinski definition) is 2. The van der Waals surface area contributed by atoms with Crippen LogP contribution in [0.25, 0.3) is 0 Å². The molecule has 6 unspecified atom stereocenters. The highest BCUT2D eigenvalue weighted by Gasteiger charge is 2.67. The molecule has 3 fully saturated rings. The lowest BCUT2D eigenvalue weighted by Gasteiger charge is -2.66. The van der Waals surface area contributed by atoms with Gasteiger partial charge in [-0.15, -0.1) is 0 Å². The van der Waals surface area contributed by atoms with Gasteiger partial charge in [0.25, 0.3) is 0 Å². The van der Waals surface area contributed by atoms with Crippen LogP contribution in [0.4, 0.5) is 0 Å². The van der Waals surface area contributed by atoms with Crippen LogP contribution in [0, 0.1) is 33.5 Å². The average Bonchev–Trinajstić information content (AvgIpc) is 2.79. The van der Waals surface area contributed by atoms with E-state index in [1.807, 2.05) is 0 Å². The average molecular weight is 331 g/mol. The maximum atomic E-state index is 12.5. The second-order valence-corrected chi connectivity index (χ2v) is 10.5. The molecule has 0 aliphatic heterocycles. The Balaban J connectivity index is 1.84. The van der Waals surface area contributed by atoms with Crippen LogP contribution in [0.3, 0.4) is 0 Å². The molecule has 134 valence electrons. The Labute approximate surface area is 147 Å². The summed E-state index contributed by atoms with van der Waals surface area (Å²) in [4.78, 5) is 12.5. The van der Waals surface area contributed by atoms with E-state index in [9.17, 15) is 9.90 Å². The summed E-state index contributed by atoms with van der Waals surface area (Å²) < 4.78 is 0. The zero-order valence-electron chi connectivity index (χ0n) is 16.1. The molecule has 0 spiro atoms. The third kappa shape index (κ3) is 1.74. The Kier molecular flexibility index (Phi) is 3.33. The van der Waals surface area contributed by atoms with Gasteiger partial charge in [0.2, 0.25) is 0 Å². The van der Waals surface area contributed by atoms with E-state index >= 15 is 0 Å². The van der Waals surface area contributed by atoms with E-state index in [0.29, 0.717) is 29.5 Å². The standard InChI is InChI=1S/C22H34O2/c1-19(2)14-7-9-16-21(4)12-6-11-20(21,3)13-18(24)22(16,5)15(14)8-10-17(19)23/h7,15-16,18,24H,6,8-13H2,1-5H3. The molecule has 0 amide bonds. The molecule has 0 saturated heterocycles. The summed E-state index contributed by atoms with van der Waals surface area (Å²) >= 11 is 0. The molecule has 0 aromatic rings. The molecule has 0 heterocycles. The number of fused-ring (bicyclic) bond motifs is 5. The summed E-state index contributed by atoms with van der Waals surface area (Å²) in [5.41, 5.74) is 1.53. The highest BCUT2D eigenvalue weighted by atomic mass is 16.3. The number of Topliss-reactive ketones (excluding diaryl/α,β-unsaturated/α-hetero) is 1. The highest BCUT2D eigenvalue weighted by molar-refractivity contribution is 5.88. The number of ketones is 1. The van der Waals surface area contributed by atoms with E-state index < -0.39 is 0 Å². The van der Waals surface area contributed by atoms with Gasteiger partial charge in [-0.1, -0.05) is 38.8 Å². The first kappa shape index (κ1) is 16.8. The molecule has 4 aliphatic rings. The van der Waals surface area contributed by atoms with Gasteiger partial charge >= 0.3 is 0 Å². The van der Waals surface area contributed by atoms with Crippen molar-refractivity contribution in [2.24, 2.45) is 33.5 Å². The Bertz CT molecular complexity index is 617. The van der Waals surface area contributed by atoms with Gasteiger partial charge in [-0.3, -0.25) is 4.79 Å². The van der Waals surface area contributed by atoms with Crippen molar-refractivity contribution in [1.29, 1.82) is 0 Å². The van der Waals surface area contributed by atoms with Gasteiger partial charge in [0.1, 0.15) is 5.78 Å². The molecule has 1 N–H and O–H groups in total. The summed E-state index contributed by atoms with van der Waals surface area (Å²) in [5, 5.41) is 11.4. The Morgan fingerprint density at radius 1 is 1.12 bits per heavy atom. The predicted octanol–water partition coefficient (Wildman–Crippen LogP) is 4.91. The monoisotopic (exact) mass is 330 g/mol. The minimum Gasteiger partial charge on any atom is -0.393 e. The normalized spacial score (nSPS) is 53.0. The predicted molar refractivity (Wildman–Crippen MR) is 96.5 cm³/mol. The molecular formula is C22H34O2. The van der Waals surface area contributed by atoms with Gasteiger partial charge in [-0.2, -0.15) is 0 Å². The van der Waals surface area contributed by atoms with Crippen molar-refractivity contribution in [1.82, 2.24) is 0 Å². The molecule has 0 aromatic heterocycles. The summed E-state index contributed by atoms with van der Waals surface area (Å²) in [6.07, 6.45) is 9.64. The smallest absolute Gasteiger partial charge is 0.142 e. The lowest BCUT2D eigenvalue weighted by molar-refractivity contribution is -0.189. The Hall–Kier alpha value is -0.630. The summed E-state index contributed by atoms with van der Waals surface area (Å²) in [6.45, 7) is 11.5. The van der Waals surface area contributed by atoms with E-state index in [4.69, 9.17) is 0 Å². The van der Waals surface area contributed by atoms with Crippen molar-refractivity contribution in [2.45, 2.75) is 85.7 Å². The maximum Gasteiger partial charge on any atom is 0.142 e. The first-order chi connectivity index (χ1) is 11.1. The molecular weight excluding hydrogens is 296 g/mol. The van der Waals surface area contributed by atoms with E-state index in [0.717, 1.165) is 19.3 Å². The number of hydrogen-bond donors (Lipinski definition) is 1. The molecule has 4 aliphatic carbocycles. The van der Waals surface area contributed by atoms with Gasteiger partial charge in [0, 0.05) is 17.3 Å². The summed E-state index contributed by atoms with van der Waals surface area (Å²) in [5.74, 6) is 1.30. The maximum absolute atomic E-state index is 12.5. The molecule has 6 atom stereocenters. The van der Waals surface area contributed by atoms with E-state index in [-0.39, 0.29) is 22.3 Å². The molecule has 24 heavy (non-hydrogen) atoms. The number of allylic oxidation sites excluding steroid dienone is 2. The molecule has 4 rings (SSSR count). The van der Waals surface area contributed by atoms with Crippen molar-refractivity contribution in [3.05, 3.63) is 11.6 Å². The Morgan fingerprint density at radius 2 is 1.83 bits per heavy atom. The Morgan fingerprint density at radius 3 is 2.54 bits per heavy atom. The van der Waals surface area contributed by atoms with Gasteiger partial charge in [0.05, 0.1) is 6.10 Å². The zero-order chi connectivity index (χ0) is 17.5. The van der Waals surface area contributed by atoms with Crippen molar-refractivity contribution >= 4 is 5.78 Å². The van der Waals surface area contributed by atoms with Gasteiger partial charge < -0.3 is 5.11 Å². The summed E-state index contributed by atoms with van der Waals surface area (Å²) in [7, 11) is 0. The van der Waals surface area contributed by atoms with E-state index in [1.165, 1.54) is 24.8 Å². The van der Waals surface area contributed by atoms with Crippen LogP contribution in [0.2, 0.25) is 0 Å². The highest BCUT2D eigenvalue weighted by Crippen LogP contribution is 2.72. The van der Waals surface area contributed by atoms with Crippen LogP contribution in [0.1, 0.15) is 79.6 Å². The second kappa shape index (κ2) is 4.75. The fourth-order valence-electron chi connectivity index (χ4n) is 7.55. The fraction of sp³-hybridized carbons (Fsp3) is 0.864. The molecule has 3 saturated carbocycles. The van der Waals surface area contributed by atoms with Gasteiger partial charge in [-0.05, 0) is 68.6 Å². The molecule has 0 radical (unpaired) electrons. The SMILES string of the molecule is CC1(C)C(=O)CCC2C1=CCC1C2(C)C(O)CC2(C)CCCC12C. The first-order valence-corrected chi connectivity index (χ1v) is 9.99. The lowest BCUT2D eigenvalue weighted by Crippen LogP contribution is -2.63. The topological polar surface area (TPSA) is 37.3 Å². The van der Waals surface area contributed by atoms with Crippen molar-refractivity contribution in [3.63, 3.8) is 0 Å². The molecule has 2 heteroatoms. The number of carbonyl (C=O) groups is 1.